The van der Waals surface area contributed by atoms with Gasteiger partial charge in [-0.1, -0.05) is 13.8 Å². The van der Waals surface area contributed by atoms with Gasteiger partial charge in [-0.15, -0.1) is 0 Å². The molecule has 1 aliphatic rings. The Balaban J connectivity index is 1.96. The quantitative estimate of drug-likeness (QED) is 0.608. The molecule has 7 nitrogen and oxygen atoms in total. The molecule has 2 rings (SSSR count). The van der Waals surface area contributed by atoms with Crippen LogP contribution in [0, 0.1) is 5.92 Å². The van der Waals surface area contributed by atoms with Crippen molar-refractivity contribution in [1.82, 2.24) is 0 Å². The first-order valence-corrected chi connectivity index (χ1v) is 7.77. The zero-order chi connectivity index (χ0) is 17.7. The first kappa shape index (κ1) is 17.8. The van der Waals surface area contributed by atoms with Gasteiger partial charge in [0.25, 0.3) is 5.91 Å². The van der Waals surface area contributed by atoms with E-state index in [2.05, 4.69) is 5.32 Å². The molecule has 0 saturated heterocycles. The second-order valence-corrected chi connectivity index (χ2v) is 5.95. The molecular weight excluding hydrogens is 314 g/mol. The van der Waals surface area contributed by atoms with Gasteiger partial charge in [0.05, 0.1) is 5.69 Å². The average Bonchev–Trinajstić information content (AvgIpc) is 2.97. The molecule has 1 aromatic rings. The van der Waals surface area contributed by atoms with Crippen molar-refractivity contribution in [2.75, 3.05) is 18.7 Å². The van der Waals surface area contributed by atoms with Crippen LogP contribution < -0.4 is 14.8 Å². The number of Topliss-reactive ketones (excluding diaryl/α,β-unsaturated/α-hetero) is 1. The molecule has 0 aliphatic carbocycles. The number of anilines is 1. The largest absolute Gasteiger partial charge is 0.456 e. The minimum absolute atomic E-state index is 0.0670. The lowest BCUT2D eigenvalue weighted by molar-refractivity contribution is -0.147. The van der Waals surface area contributed by atoms with E-state index in [0.717, 1.165) is 0 Å². The number of rotatable bonds is 7. The van der Waals surface area contributed by atoms with Crippen LogP contribution >= 0.6 is 0 Å². The van der Waals surface area contributed by atoms with Gasteiger partial charge >= 0.3 is 5.97 Å². The van der Waals surface area contributed by atoms with Crippen LogP contribution in [0.1, 0.15) is 44.0 Å². The Labute approximate surface area is 140 Å². The van der Waals surface area contributed by atoms with Crippen molar-refractivity contribution in [3.63, 3.8) is 0 Å². The Morgan fingerprint density at radius 3 is 2.50 bits per heavy atom. The molecule has 130 valence electrons. The van der Waals surface area contributed by atoms with E-state index in [1.807, 2.05) is 13.8 Å². The molecule has 1 heterocycles. The second-order valence-electron chi connectivity index (χ2n) is 5.95. The van der Waals surface area contributed by atoms with Crippen molar-refractivity contribution in [1.29, 1.82) is 0 Å². The normalized spacial score (nSPS) is 12.2. The van der Waals surface area contributed by atoms with Crippen LogP contribution in [0.3, 0.4) is 0 Å². The topological polar surface area (TPSA) is 90.9 Å². The molecule has 0 aromatic heterocycles. The molecule has 24 heavy (non-hydrogen) atoms. The van der Waals surface area contributed by atoms with Gasteiger partial charge in [-0.05, 0) is 25.3 Å². The number of ether oxygens (including phenoxy) is 3. The number of hydrogen-bond donors (Lipinski definition) is 1. The number of fused-ring (bicyclic) bond motifs is 1. The highest BCUT2D eigenvalue weighted by Gasteiger charge is 2.20. The third-order valence-corrected chi connectivity index (χ3v) is 3.46. The molecule has 0 unspecified atom stereocenters. The number of benzene rings is 1. The summed E-state index contributed by atoms with van der Waals surface area (Å²) in [6.07, 6.45) is 0.977. The smallest absolute Gasteiger partial charge is 0.306 e. The Morgan fingerprint density at radius 2 is 1.88 bits per heavy atom. The highest BCUT2D eigenvalue weighted by molar-refractivity contribution is 6.05. The SMILES string of the molecule is CC(=O)c1cc2c(cc1NC(=O)COC(=O)CCC(C)C)OCO2. The molecule has 1 aliphatic heterocycles. The monoisotopic (exact) mass is 335 g/mol. The fraction of sp³-hybridized carbons (Fsp3) is 0.471. The van der Waals surface area contributed by atoms with Gasteiger partial charge < -0.3 is 19.5 Å². The van der Waals surface area contributed by atoms with Gasteiger partial charge in [0.1, 0.15) is 0 Å². The molecular formula is C17H21NO6. The van der Waals surface area contributed by atoms with Crippen LogP contribution in [0.25, 0.3) is 0 Å². The first-order valence-electron chi connectivity index (χ1n) is 7.77. The maximum atomic E-state index is 12.0. The van der Waals surface area contributed by atoms with E-state index in [9.17, 15) is 14.4 Å². The summed E-state index contributed by atoms with van der Waals surface area (Å²) in [5, 5.41) is 2.57. The van der Waals surface area contributed by atoms with Crippen LogP contribution in [0.2, 0.25) is 0 Å². The van der Waals surface area contributed by atoms with Crippen molar-refractivity contribution >= 4 is 23.3 Å². The number of hydrogen-bond acceptors (Lipinski definition) is 6. The number of esters is 1. The van der Waals surface area contributed by atoms with Crippen molar-refractivity contribution in [3.8, 4) is 11.5 Å². The van der Waals surface area contributed by atoms with Gasteiger partial charge in [0.15, 0.2) is 23.9 Å². The van der Waals surface area contributed by atoms with Gasteiger partial charge in [-0.2, -0.15) is 0 Å². The fourth-order valence-electron chi connectivity index (χ4n) is 2.15. The maximum Gasteiger partial charge on any atom is 0.306 e. The molecule has 0 spiro atoms. The molecule has 7 heteroatoms. The highest BCUT2D eigenvalue weighted by Crippen LogP contribution is 2.37. The summed E-state index contributed by atoms with van der Waals surface area (Å²) in [6, 6.07) is 3.05. The summed E-state index contributed by atoms with van der Waals surface area (Å²) < 4.78 is 15.4. The first-order chi connectivity index (χ1) is 11.4. The van der Waals surface area contributed by atoms with Gasteiger partial charge in [0.2, 0.25) is 6.79 Å². The van der Waals surface area contributed by atoms with E-state index < -0.39 is 18.5 Å². The third kappa shape index (κ3) is 4.71. The fourth-order valence-corrected chi connectivity index (χ4v) is 2.15. The van der Waals surface area contributed by atoms with Crippen LogP contribution in [0.15, 0.2) is 12.1 Å². The molecule has 1 N–H and O–H groups in total. The number of ketones is 1. The Bertz CT molecular complexity index is 653. The number of carbonyl (C=O) groups is 3. The Morgan fingerprint density at radius 1 is 1.21 bits per heavy atom. The summed E-state index contributed by atoms with van der Waals surface area (Å²) in [4.78, 5) is 35.2. The van der Waals surface area contributed by atoms with E-state index in [1.54, 1.807) is 0 Å². The molecule has 0 radical (unpaired) electrons. The Hall–Kier alpha value is -2.57. The van der Waals surface area contributed by atoms with E-state index in [0.29, 0.717) is 35.1 Å². The summed E-state index contributed by atoms with van der Waals surface area (Å²) in [5.74, 6) is 0.129. The molecule has 1 amide bonds. The minimum atomic E-state index is -0.519. The standard InChI is InChI=1S/C17H21NO6/c1-10(2)4-5-17(21)22-8-16(20)18-13-7-15-14(23-9-24-15)6-12(13)11(3)19/h6-7,10H,4-5,8-9H2,1-3H3,(H,18,20). The lowest BCUT2D eigenvalue weighted by Gasteiger charge is -2.11. The average molecular weight is 335 g/mol. The number of nitrogens with one attached hydrogen (secondary N) is 1. The zero-order valence-corrected chi connectivity index (χ0v) is 14.0. The molecule has 0 fully saturated rings. The van der Waals surface area contributed by atoms with Crippen molar-refractivity contribution in [3.05, 3.63) is 17.7 Å². The predicted octanol–water partition coefficient (Wildman–Crippen LogP) is 2.54. The van der Waals surface area contributed by atoms with Gasteiger partial charge in [0, 0.05) is 18.1 Å². The Kier molecular flexibility index (Phi) is 5.78. The van der Waals surface area contributed by atoms with E-state index in [4.69, 9.17) is 14.2 Å². The van der Waals surface area contributed by atoms with Crippen LogP contribution in [-0.4, -0.2) is 31.1 Å². The third-order valence-electron chi connectivity index (χ3n) is 3.46. The van der Waals surface area contributed by atoms with Gasteiger partial charge in [-0.25, -0.2) is 0 Å². The molecule has 1 aromatic carbocycles. The summed E-state index contributed by atoms with van der Waals surface area (Å²) in [6.45, 7) is 5.06. The van der Waals surface area contributed by atoms with E-state index >= 15 is 0 Å². The molecule has 0 atom stereocenters. The van der Waals surface area contributed by atoms with Crippen LogP contribution in [0.5, 0.6) is 11.5 Å². The summed E-state index contributed by atoms with van der Waals surface area (Å²) >= 11 is 0. The number of amides is 1. The lowest BCUT2D eigenvalue weighted by Crippen LogP contribution is -2.22. The number of carbonyl (C=O) groups excluding carboxylic acids is 3. The second kappa shape index (κ2) is 7.81. The molecule has 0 saturated carbocycles. The van der Waals surface area contributed by atoms with Crippen molar-refractivity contribution in [2.45, 2.75) is 33.6 Å². The van der Waals surface area contributed by atoms with Crippen molar-refractivity contribution in [2.24, 2.45) is 5.92 Å². The summed E-state index contributed by atoms with van der Waals surface area (Å²) in [7, 11) is 0. The van der Waals surface area contributed by atoms with E-state index in [1.165, 1.54) is 19.1 Å². The maximum absolute atomic E-state index is 12.0. The van der Waals surface area contributed by atoms with E-state index in [-0.39, 0.29) is 19.0 Å². The minimum Gasteiger partial charge on any atom is -0.456 e. The highest BCUT2D eigenvalue weighted by atomic mass is 16.7. The summed E-state index contributed by atoms with van der Waals surface area (Å²) in [5.41, 5.74) is 0.605. The van der Waals surface area contributed by atoms with Crippen molar-refractivity contribution < 1.29 is 28.6 Å². The van der Waals surface area contributed by atoms with Crippen LogP contribution in [0.4, 0.5) is 5.69 Å². The lowest BCUT2D eigenvalue weighted by atomic mass is 10.1. The zero-order valence-electron chi connectivity index (χ0n) is 14.0. The van der Waals surface area contributed by atoms with Gasteiger partial charge in [-0.3, -0.25) is 14.4 Å². The molecule has 0 bridgehead atoms. The van der Waals surface area contributed by atoms with Crippen LogP contribution in [-0.2, 0) is 14.3 Å². The predicted molar refractivity (Wildman–Crippen MR) is 86.2 cm³/mol.